The van der Waals surface area contributed by atoms with Gasteiger partial charge >= 0.3 is 0 Å². The number of nitrogens with one attached hydrogen (secondary N) is 2. The smallest absolute Gasteiger partial charge is 0.191 e. The number of guanidine groups is 1. The van der Waals surface area contributed by atoms with Crippen molar-refractivity contribution < 1.29 is 4.52 Å². The normalized spacial score (nSPS) is 12.0. The first kappa shape index (κ1) is 21.0. The largest absolute Gasteiger partial charge is 0.359 e. The quantitative estimate of drug-likeness (QED) is 0.520. The van der Waals surface area contributed by atoms with Gasteiger partial charge in [-0.15, -0.1) is 0 Å². The molecule has 27 heavy (non-hydrogen) atoms. The standard InChI is InChI=1S/C20H34N6O/c1-7-16(8-2)19-12-17(27-25-19)13-23-20(21-9-3)22-11-10-18-14(4)24-26(6)15(18)5/h12,16H,7-11,13H2,1-6H3,(H2,21,22,23). The Bertz CT molecular complexity index is 742. The van der Waals surface area contributed by atoms with E-state index >= 15 is 0 Å². The second-order valence-corrected chi connectivity index (χ2v) is 6.88. The third-order valence-corrected chi connectivity index (χ3v) is 5.04. The van der Waals surface area contributed by atoms with Crippen LogP contribution in [0.5, 0.6) is 0 Å². The van der Waals surface area contributed by atoms with Gasteiger partial charge in [0.05, 0.1) is 11.4 Å². The zero-order valence-corrected chi connectivity index (χ0v) is 17.6. The molecule has 150 valence electrons. The molecule has 0 atom stereocenters. The summed E-state index contributed by atoms with van der Waals surface area (Å²) >= 11 is 0. The van der Waals surface area contributed by atoms with Crippen LogP contribution in [0, 0.1) is 13.8 Å². The molecule has 0 saturated heterocycles. The average molecular weight is 375 g/mol. The average Bonchev–Trinajstić information content (AvgIpc) is 3.20. The van der Waals surface area contributed by atoms with E-state index in [0.29, 0.717) is 12.5 Å². The molecule has 0 bridgehead atoms. The molecule has 0 spiro atoms. The molecule has 0 fully saturated rings. The molecule has 0 aliphatic carbocycles. The number of aliphatic imine (C=N–C) groups is 1. The minimum atomic E-state index is 0.462. The lowest BCUT2D eigenvalue weighted by molar-refractivity contribution is 0.372. The maximum atomic E-state index is 5.46. The molecule has 0 aliphatic heterocycles. The van der Waals surface area contributed by atoms with Gasteiger partial charge in [-0.25, -0.2) is 4.99 Å². The first-order chi connectivity index (χ1) is 13.0. The molecule has 0 aliphatic rings. The van der Waals surface area contributed by atoms with Crippen LogP contribution < -0.4 is 10.6 Å². The lowest BCUT2D eigenvalue weighted by atomic mass is 9.99. The van der Waals surface area contributed by atoms with Crippen LogP contribution in [0.3, 0.4) is 0 Å². The number of nitrogens with zero attached hydrogens (tertiary/aromatic N) is 4. The van der Waals surface area contributed by atoms with Gasteiger partial charge in [0, 0.05) is 37.8 Å². The van der Waals surface area contributed by atoms with Gasteiger partial charge in [0.1, 0.15) is 6.54 Å². The van der Waals surface area contributed by atoms with E-state index in [0.717, 1.165) is 55.5 Å². The van der Waals surface area contributed by atoms with E-state index in [1.165, 1.54) is 11.3 Å². The first-order valence-electron chi connectivity index (χ1n) is 9.96. The third kappa shape index (κ3) is 5.58. The number of hydrogen-bond donors (Lipinski definition) is 2. The van der Waals surface area contributed by atoms with Crippen LogP contribution in [0.25, 0.3) is 0 Å². The van der Waals surface area contributed by atoms with E-state index in [-0.39, 0.29) is 0 Å². The van der Waals surface area contributed by atoms with Crippen LogP contribution in [-0.2, 0) is 20.0 Å². The third-order valence-electron chi connectivity index (χ3n) is 5.04. The molecule has 2 N–H and O–H groups in total. The Morgan fingerprint density at radius 1 is 1.22 bits per heavy atom. The van der Waals surface area contributed by atoms with Crippen molar-refractivity contribution in [3.63, 3.8) is 0 Å². The summed E-state index contributed by atoms with van der Waals surface area (Å²) in [7, 11) is 1.98. The van der Waals surface area contributed by atoms with Gasteiger partial charge in [-0.1, -0.05) is 19.0 Å². The summed E-state index contributed by atoms with van der Waals surface area (Å²) in [5, 5.41) is 15.4. The van der Waals surface area contributed by atoms with Crippen molar-refractivity contribution in [2.45, 2.75) is 66.3 Å². The summed E-state index contributed by atoms with van der Waals surface area (Å²) in [6, 6.07) is 2.03. The highest BCUT2D eigenvalue weighted by atomic mass is 16.5. The molecule has 0 amide bonds. The van der Waals surface area contributed by atoms with Crippen LogP contribution in [0.15, 0.2) is 15.6 Å². The molecule has 0 saturated carbocycles. The van der Waals surface area contributed by atoms with Crippen LogP contribution in [0.2, 0.25) is 0 Å². The molecule has 2 aromatic heterocycles. The van der Waals surface area contributed by atoms with Crippen molar-refractivity contribution in [2.24, 2.45) is 12.0 Å². The minimum Gasteiger partial charge on any atom is -0.359 e. The second-order valence-electron chi connectivity index (χ2n) is 6.88. The summed E-state index contributed by atoms with van der Waals surface area (Å²) in [6.07, 6.45) is 3.06. The minimum absolute atomic E-state index is 0.462. The fourth-order valence-corrected chi connectivity index (χ4v) is 3.29. The number of rotatable bonds is 9. The van der Waals surface area contributed by atoms with E-state index < -0.39 is 0 Å². The molecule has 2 heterocycles. The van der Waals surface area contributed by atoms with E-state index in [1.807, 2.05) is 17.8 Å². The summed E-state index contributed by atoms with van der Waals surface area (Å²) < 4.78 is 7.40. The predicted molar refractivity (Wildman–Crippen MR) is 109 cm³/mol. The molecule has 0 radical (unpaired) electrons. The molecular weight excluding hydrogens is 340 g/mol. The van der Waals surface area contributed by atoms with Crippen molar-refractivity contribution in [2.75, 3.05) is 13.1 Å². The Labute approximate surface area is 162 Å². The highest BCUT2D eigenvalue weighted by Crippen LogP contribution is 2.22. The van der Waals surface area contributed by atoms with Crippen molar-refractivity contribution in [3.05, 3.63) is 34.5 Å². The Morgan fingerprint density at radius 3 is 2.56 bits per heavy atom. The number of aromatic nitrogens is 3. The maximum Gasteiger partial charge on any atom is 0.191 e. The van der Waals surface area contributed by atoms with E-state index in [2.05, 4.69) is 60.5 Å². The van der Waals surface area contributed by atoms with E-state index in [9.17, 15) is 0 Å². The zero-order valence-electron chi connectivity index (χ0n) is 17.6. The molecule has 0 unspecified atom stereocenters. The monoisotopic (exact) mass is 374 g/mol. The van der Waals surface area contributed by atoms with E-state index in [1.54, 1.807) is 0 Å². The van der Waals surface area contributed by atoms with Gasteiger partial charge in [-0.2, -0.15) is 5.10 Å². The fourth-order valence-electron chi connectivity index (χ4n) is 3.29. The molecule has 0 aromatic carbocycles. The van der Waals surface area contributed by atoms with Gasteiger partial charge in [0.2, 0.25) is 0 Å². The van der Waals surface area contributed by atoms with E-state index in [4.69, 9.17) is 4.52 Å². The summed E-state index contributed by atoms with van der Waals surface area (Å²) in [4.78, 5) is 4.63. The molecule has 7 nitrogen and oxygen atoms in total. The van der Waals surface area contributed by atoms with Gasteiger partial charge in [-0.3, -0.25) is 4.68 Å². The molecule has 7 heteroatoms. The highest BCUT2D eigenvalue weighted by molar-refractivity contribution is 5.79. The lowest BCUT2D eigenvalue weighted by Gasteiger charge is -2.11. The molecule has 2 rings (SSSR count). The Hall–Kier alpha value is -2.31. The fraction of sp³-hybridized carbons (Fsp3) is 0.650. The highest BCUT2D eigenvalue weighted by Gasteiger charge is 2.13. The summed E-state index contributed by atoms with van der Waals surface area (Å²) in [5.74, 6) is 2.05. The maximum absolute atomic E-state index is 5.46. The number of aryl methyl sites for hydroxylation is 2. The van der Waals surface area contributed by atoms with Crippen LogP contribution >= 0.6 is 0 Å². The predicted octanol–water partition coefficient (Wildman–Crippen LogP) is 3.23. The van der Waals surface area contributed by atoms with Crippen LogP contribution in [0.4, 0.5) is 0 Å². The SMILES string of the molecule is CCNC(=NCc1cc(C(CC)CC)no1)NCCc1c(C)nn(C)c1C. The Morgan fingerprint density at radius 2 is 1.96 bits per heavy atom. The Balaban J connectivity index is 1.94. The molecule has 2 aromatic rings. The summed E-state index contributed by atoms with van der Waals surface area (Å²) in [5.41, 5.74) is 4.64. The zero-order chi connectivity index (χ0) is 19.8. The van der Waals surface area contributed by atoms with Crippen LogP contribution in [0.1, 0.15) is 67.9 Å². The van der Waals surface area contributed by atoms with Gasteiger partial charge < -0.3 is 15.2 Å². The lowest BCUT2D eigenvalue weighted by Crippen LogP contribution is -2.38. The van der Waals surface area contributed by atoms with Gasteiger partial charge in [0.15, 0.2) is 11.7 Å². The number of hydrogen-bond acceptors (Lipinski definition) is 4. The first-order valence-corrected chi connectivity index (χ1v) is 9.96. The van der Waals surface area contributed by atoms with Crippen molar-refractivity contribution in [1.82, 2.24) is 25.6 Å². The van der Waals surface area contributed by atoms with Gasteiger partial charge in [0.25, 0.3) is 0 Å². The summed E-state index contributed by atoms with van der Waals surface area (Å²) in [6.45, 7) is 12.7. The second kappa shape index (κ2) is 10.1. The van der Waals surface area contributed by atoms with Crippen LogP contribution in [-0.4, -0.2) is 34.0 Å². The molecular formula is C20H34N6O. The van der Waals surface area contributed by atoms with Crippen molar-refractivity contribution in [3.8, 4) is 0 Å². The Kier molecular flexibility index (Phi) is 7.88. The topological polar surface area (TPSA) is 80.3 Å². The van der Waals surface area contributed by atoms with Crippen molar-refractivity contribution >= 4 is 5.96 Å². The van der Waals surface area contributed by atoms with Gasteiger partial charge in [-0.05, 0) is 45.6 Å². The van der Waals surface area contributed by atoms with Crippen molar-refractivity contribution in [1.29, 1.82) is 0 Å².